The van der Waals surface area contributed by atoms with E-state index in [9.17, 15) is 4.79 Å². The maximum Gasteiger partial charge on any atom is 0.317 e. The number of aliphatic carboxylic acids is 1. The molecule has 0 radical (unpaired) electrons. The van der Waals surface area contributed by atoms with Gasteiger partial charge in [-0.3, -0.25) is 9.69 Å². The van der Waals surface area contributed by atoms with Crippen LogP contribution in [0.5, 0.6) is 0 Å². The lowest BCUT2D eigenvalue weighted by Crippen LogP contribution is -2.36. The quantitative estimate of drug-likeness (QED) is 0.787. The van der Waals surface area contributed by atoms with E-state index < -0.39 is 5.97 Å². The van der Waals surface area contributed by atoms with Gasteiger partial charge in [0.15, 0.2) is 0 Å². The summed E-state index contributed by atoms with van der Waals surface area (Å²) in [5, 5.41) is 9.13. The lowest BCUT2D eigenvalue weighted by Gasteiger charge is -2.31. The number of nitrogens with zero attached hydrogens (tertiary/aromatic N) is 1. The summed E-state index contributed by atoms with van der Waals surface area (Å²) in [4.78, 5) is 13.2. The van der Waals surface area contributed by atoms with Gasteiger partial charge in [-0.05, 0) is 29.9 Å². The number of hydrogen-bond donors (Lipinski definition) is 1. The van der Waals surface area contributed by atoms with Crippen molar-refractivity contribution in [3.8, 4) is 0 Å². The molecule has 1 rings (SSSR count). The Morgan fingerprint density at radius 2 is 1.80 bits per heavy atom. The molecule has 20 heavy (non-hydrogen) atoms. The fourth-order valence-electron chi connectivity index (χ4n) is 2.62. The van der Waals surface area contributed by atoms with Crippen LogP contribution in [0.25, 0.3) is 0 Å². The molecule has 0 aliphatic carbocycles. The second-order valence-electron chi connectivity index (χ2n) is 5.74. The van der Waals surface area contributed by atoms with Gasteiger partial charge in [0.25, 0.3) is 0 Å². The Hall–Kier alpha value is -1.35. The van der Waals surface area contributed by atoms with Crippen LogP contribution in [-0.4, -0.2) is 29.1 Å². The topological polar surface area (TPSA) is 40.5 Å². The molecule has 1 aromatic carbocycles. The van der Waals surface area contributed by atoms with Crippen LogP contribution in [0.3, 0.4) is 0 Å². The fourth-order valence-corrected chi connectivity index (χ4v) is 2.62. The first-order valence-electron chi connectivity index (χ1n) is 7.52. The molecule has 3 heteroatoms. The molecule has 3 nitrogen and oxygen atoms in total. The third-order valence-corrected chi connectivity index (χ3v) is 3.54. The highest BCUT2D eigenvalue weighted by molar-refractivity contribution is 5.69. The lowest BCUT2D eigenvalue weighted by atomic mass is 9.99. The maximum atomic E-state index is 11.1. The van der Waals surface area contributed by atoms with E-state index in [-0.39, 0.29) is 12.6 Å². The minimum Gasteiger partial charge on any atom is -0.480 e. The van der Waals surface area contributed by atoms with Crippen LogP contribution in [0.15, 0.2) is 24.3 Å². The van der Waals surface area contributed by atoms with Gasteiger partial charge in [0, 0.05) is 12.6 Å². The van der Waals surface area contributed by atoms with Crippen LogP contribution in [0, 0.1) is 5.92 Å². The Bertz CT molecular complexity index is 412. The molecule has 0 aliphatic heterocycles. The first kappa shape index (κ1) is 16.7. The summed E-state index contributed by atoms with van der Waals surface area (Å²) in [6.07, 6.45) is 1.95. The van der Waals surface area contributed by atoms with Crippen LogP contribution in [-0.2, 0) is 11.2 Å². The number of benzene rings is 1. The molecule has 0 bridgehead atoms. The smallest absolute Gasteiger partial charge is 0.317 e. The first-order valence-corrected chi connectivity index (χ1v) is 7.52. The van der Waals surface area contributed by atoms with Crippen LogP contribution in [0.1, 0.15) is 51.3 Å². The predicted octanol–water partition coefficient (Wildman–Crippen LogP) is 3.74. The first-order chi connectivity index (χ1) is 9.47. The van der Waals surface area contributed by atoms with Gasteiger partial charge < -0.3 is 5.11 Å². The summed E-state index contributed by atoms with van der Waals surface area (Å²) in [5.74, 6) is -0.299. The largest absolute Gasteiger partial charge is 0.480 e. The van der Waals surface area contributed by atoms with E-state index in [1.807, 2.05) is 0 Å². The average molecular weight is 277 g/mol. The normalized spacial score (nSPS) is 12.9. The molecular weight excluding hydrogens is 250 g/mol. The molecule has 0 heterocycles. The van der Waals surface area contributed by atoms with Crippen molar-refractivity contribution < 1.29 is 9.90 Å². The van der Waals surface area contributed by atoms with Gasteiger partial charge in [-0.2, -0.15) is 0 Å². The molecule has 112 valence electrons. The molecule has 0 fully saturated rings. The van der Waals surface area contributed by atoms with Crippen molar-refractivity contribution in [2.24, 2.45) is 5.92 Å². The monoisotopic (exact) mass is 277 g/mol. The van der Waals surface area contributed by atoms with E-state index in [1.54, 1.807) is 0 Å². The minimum atomic E-state index is -0.755. The summed E-state index contributed by atoms with van der Waals surface area (Å²) in [5.41, 5.74) is 2.53. The maximum absolute atomic E-state index is 11.1. The molecule has 1 unspecified atom stereocenters. The number of hydrogen-bond acceptors (Lipinski definition) is 2. The summed E-state index contributed by atoms with van der Waals surface area (Å²) in [7, 11) is 0. The van der Waals surface area contributed by atoms with E-state index in [2.05, 4.69) is 56.9 Å². The van der Waals surface area contributed by atoms with E-state index in [4.69, 9.17) is 5.11 Å². The van der Waals surface area contributed by atoms with E-state index >= 15 is 0 Å². The standard InChI is InChI=1S/C17H27NO2/c1-5-14-7-9-15(10-8-14)16(6-2)18(11-13(3)4)12-17(19)20/h7-10,13,16H,5-6,11-12H2,1-4H3,(H,19,20). The number of carbonyl (C=O) groups is 1. The van der Waals surface area contributed by atoms with Gasteiger partial charge in [-0.15, -0.1) is 0 Å². The van der Waals surface area contributed by atoms with Crippen LogP contribution >= 0.6 is 0 Å². The van der Waals surface area contributed by atoms with Crippen molar-refractivity contribution in [2.75, 3.05) is 13.1 Å². The molecule has 0 amide bonds. The number of rotatable bonds is 8. The van der Waals surface area contributed by atoms with Gasteiger partial charge >= 0.3 is 5.97 Å². The van der Waals surface area contributed by atoms with Crippen molar-refractivity contribution in [3.63, 3.8) is 0 Å². The van der Waals surface area contributed by atoms with Gasteiger partial charge in [0.1, 0.15) is 0 Å². The Morgan fingerprint density at radius 1 is 1.20 bits per heavy atom. The highest BCUT2D eigenvalue weighted by Crippen LogP contribution is 2.25. The van der Waals surface area contributed by atoms with E-state index in [0.29, 0.717) is 5.92 Å². The Labute approximate surface area is 122 Å². The van der Waals surface area contributed by atoms with Gasteiger partial charge in [0.2, 0.25) is 0 Å². The number of carboxylic acids is 1. The van der Waals surface area contributed by atoms with Crippen LogP contribution in [0.2, 0.25) is 0 Å². The molecule has 0 saturated carbocycles. The Kier molecular flexibility index (Phi) is 6.73. The van der Waals surface area contributed by atoms with Crippen molar-refractivity contribution in [1.29, 1.82) is 0 Å². The number of aryl methyl sites for hydroxylation is 1. The molecule has 1 N–H and O–H groups in total. The van der Waals surface area contributed by atoms with Gasteiger partial charge in [-0.25, -0.2) is 0 Å². The van der Waals surface area contributed by atoms with Crippen LogP contribution in [0.4, 0.5) is 0 Å². The van der Waals surface area contributed by atoms with E-state index in [1.165, 1.54) is 11.1 Å². The Balaban J connectivity index is 2.94. The summed E-state index contributed by atoms with van der Waals surface area (Å²) in [6, 6.07) is 8.75. The third kappa shape index (κ3) is 4.97. The highest BCUT2D eigenvalue weighted by Gasteiger charge is 2.21. The second-order valence-corrected chi connectivity index (χ2v) is 5.74. The summed E-state index contributed by atoms with van der Waals surface area (Å²) >= 11 is 0. The molecular formula is C17H27NO2. The van der Waals surface area contributed by atoms with Crippen molar-refractivity contribution >= 4 is 5.97 Å². The average Bonchev–Trinajstić information content (AvgIpc) is 2.39. The van der Waals surface area contributed by atoms with Crippen molar-refractivity contribution in [3.05, 3.63) is 35.4 Å². The highest BCUT2D eigenvalue weighted by atomic mass is 16.4. The number of carboxylic acid groups (broad SMARTS) is 1. The van der Waals surface area contributed by atoms with E-state index in [0.717, 1.165) is 19.4 Å². The SMILES string of the molecule is CCc1ccc(C(CC)N(CC(=O)O)CC(C)C)cc1. The summed E-state index contributed by atoms with van der Waals surface area (Å²) in [6.45, 7) is 9.42. The third-order valence-electron chi connectivity index (χ3n) is 3.54. The Morgan fingerprint density at radius 3 is 2.20 bits per heavy atom. The zero-order chi connectivity index (χ0) is 15.1. The summed E-state index contributed by atoms with van der Waals surface area (Å²) < 4.78 is 0. The molecule has 1 atom stereocenters. The molecule has 0 aromatic heterocycles. The molecule has 1 aromatic rings. The van der Waals surface area contributed by atoms with Crippen molar-refractivity contribution in [2.45, 2.75) is 46.6 Å². The fraction of sp³-hybridized carbons (Fsp3) is 0.588. The zero-order valence-corrected chi connectivity index (χ0v) is 13.1. The second kappa shape index (κ2) is 8.05. The molecule has 0 spiro atoms. The predicted molar refractivity (Wildman–Crippen MR) is 82.9 cm³/mol. The minimum absolute atomic E-state index is 0.103. The van der Waals surface area contributed by atoms with Crippen LogP contribution < -0.4 is 0 Å². The zero-order valence-electron chi connectivity index (χ0n) is 13.1. The lowest BCUT2D eigenvalue weighted by molar-refractivity contribution is -0.139. The molecule has 0 saturated heterocycles. The molecule has 0 aliphatic rings. The van der Waals surface area contributed by atoms with Gasteiger partial charge in [0.05, 0.1) is 6.54 Å². The van der Waals surface area contributed by atoms with Gasteiger partial charge in [-0.1, -0.05) is 52.0 Å². The van der Waals surface area contributed by atoms with Crippen molar-refractivity contribution in [1.82, 2.24) is 4.90 Å².